The maximum absolute atomic E-state index is 13.6. The lowest BCUT2D eigenvalue weighted by atomic mass is 9.94. The predicted octanol–water partition coefficient (Wildman–Crippen LogP) is -0.623. The normalized spacial score (nSPS) is 48.7. The molecule has 0 aromatic rings. The molecule has 0 aliphatic heterocycles. The third-order valence-electron chi connectivity index (χ3n) is 2.98. The lowest BCUT2D eigenvalue weighted by molar-refractivity contribution is -0.147. The maximum Gasteiger partial charge on any atom is 0.342 e. The fourth-order valence-corrected chi connectivity index (χ4v) is 2.12. The molecule has 0 spiro atoms. The molecule has 0 aromatic heterocycles. The molecule has 5 nitrogen and oxygen atoms in total. The molecule has 14 heavy (non-hydrogen) atoms. The van der Waals surface area contributed by atoms with Crippen LogP contribution < -0.4 is 5.73 Å². The summed E-state index contributed by atoms with van der Waals surface area (Å²) in [6, 6.07) is 0. The average Bonchev–Trinajstić information content (AvgIpc) is 2.50. The van der Waals surface area contributed by atoms with Crippen LogP contribution in [0.2, 0.25) is 0 Å². The average molecular weight is 201 g/mol. The van der Waals surface area contributed by atoms with Gasteiger partial charge in [0.15, 0.2) is 0 Å². The van der Waals surface area contributed by atoms with Crippen molar-refractivity contribution in [2.24, 2.45) is 17.6 Å². The Balaban J connectivity index is 2.37. The first-order chi connectivity index (χ1) is 6.35. The highest BCUT2D eigenvalue weighted by Gasteiger charge is 2.80. The van der Waals surface area contributed by atoms with Crippen LogP contribution in [0.5, 0.6) is 0 Å². The van der Waals surface area contributed by atoms with Gasteiger partial charge >= 0.3 is 11.9 Å². The largest absolute Gasteiger partial charge is 0.480 e. The number of rotatable bonds is 2. The Labute approximate surface area is 78.0 Å². The van der Waals surface area contributed by atoms with Gasteiger partial charge in [0.2, 0.25) is 5.67 Å². The first-order valence-electron chi connectivity index (χ1n) is 3.99. The molecule has 0 saturated heterocycles. The summed E-state index contributed by atoms with van der Waals surface area (Å²) in [5, 5.41) is 17.3. The highest BCUT2D eigenvalue weighted by molar-refractivity contribution is 5.92. The molecule has 4 N–H and O–H groups in total. The second-order valence-electron chi connectivity index (χ2n) is 3.67. The van der Waals surface area contributed by atoms with E-state index in [2.05, 4.69) is 0 Å². The fourth-order valence-electron chi connectivity index (χ4n) is 2.12. The zero-order chi connectivity index (χ0) is 10.7. The summed E-state index contributed by atoms with van der Waals surface area (Å²) in [7, 11) is 0. The molecule has 0 radical (unpaired) electrons. The molecule has 1 saturated carbocycles. The van der Waals surface area contributed by atoms with Crippen LogP contribution in [0.1, 0.15) is 0 Å². The first kappa shape index (κ1) is 9.14. The van der Waals surface area contributed by atoms with E-state index in [1.807, 2.05) is 0 Å². The van der Waals surface area contributed by atoms with Crippen molar-refractivity contribution in [1.82, 2.24) is 0 Å². The highest BCUT2D eigenvalue weighted by Crippen LogP contribution is 2.63. The monoisotopic (exact) mass is 201 g/mol. The van der Waals surface area contributed by atoms with Crippen molar-refractivity contribution in [3.05, 3.63) is 12.2 Å². The summed E-state index contributed by atoms with van der Waals surface area (Å²) < 4.78 is 13.6. The van der Waals surface area contributed by atoms with Crippen molar-refractivity contribution in [2.45, 2.75) is 11.2 Å². The summed E-state index contributed by atoms with van der Waals surface area (Å²) in [5.74, 6) is -5.12. The molecule has 76 valence electrons. The number of aliphatic carboxylic acids is 2. The van der Waals surface area contributed by atoms with Gasteiger partial charge in [-0.05, 0) is 0 Å². The van der Waals surface area contributed by atoms with Crippen molar-refractivity contribution in [3.8, 4) is 0 Å². The standard InChI is InChI=1S/C8H8FNO4/c9-8(6(13)14)3-1-2-7(10,4(3)8)5(11)12/h1-4H,10H2,(H,11,12)(H,13,14)/t3-,4-,7?,8-/m1/s1. The minimum Gasteiger partial charge on any atom is -0.480 e. The second-order valence-corrected chi connectivity index (χ2v) is 3.67. The number of carboxylic acids is 2. The Morgan fingerprint density at radius 3 is 2.29 bits per heavy atom. The van der Waals surface area contributed by atoms with E-state index in [1.165, 1.54) is 6.08 Å². The Morgan fingerprint density at radius 1 is 1.36 bits per heavy atom. The van der Waals surface area contributed by atoms with Crippen molar-refractivity contribution in [3.63, 3.8) is 0 Å². The number of fused-ring (bicyclic) bond motifs is 1. The number of hydrogen-bond acceptors (Lipinski definition) is 3. The SMILES string of the molecule is NC1(C(=O)O)C=C[C@@H]2[C@H]1[C@@]2(F)C(=O)O. The molecule has 0 heterocycles. The highest BCUT2D eigenvalue weighted by atomic mass is 19.1. The van der Waals surface area contributed by atoms with Crippen LogP contribution in [0.3, 0.4) is 0 Å². The topological polar surface area (TPSA) is 101 Å². The lowest BCUT2D eigenvalue weighted by Gasteiger charge is -2.19. The number of carbonyl (C=O) groups is 2. The van der Waals surface area contributed by atoms with Gasteiger partial charge in [0.25, 0.3) is 0 Å². The smallest absolute Gasteiger partial charge is 0.342 e. The number of allylic oxidation sites excluding steroid dienone is 1. The van der Waals surface area contributed by atoms with Gasteiger partial charge < -0.3 is 15.9 Å². The zero-order valence-corrected chi connectivity index (χ0v) is 6.98. The van der Waals surface area contributed by atoms with E-state index >= 15 is 0 Å². The molecule has 0 amide bonds. The third-order valence-corrected chi connectivity index (χ3v) is 2.98. The molecule has 0 bridgehead atoms. The molecular formula is C8H8FNO4. The van der Waals surface area contributed by atoms with Crippen LogP contribution in [0.4, 0.5) is 4.39 Å². The van der Waals surface area contributed by atoms with Crippen LogP contribution in [-0.2, 0) is 9.59 Å². The summed E-state index contributed by atoms with van der Waals surface area (Å²) >= 11 is 0. The predicted molar refractivity (Wildman–Crippen MR) is 42.1 cm³/mol. The number of hydrogen-bond donors (Lipinski definition) is 3. The van der Waals surface area contributed by atoms with Gasteiger partial charge in [-0.1, -0.05) is 12.2 Å². The molecule has 4 atom stereocenters. The Morgan fingerprint density at radius 2 is 1.93 bits per heavy atom. The van der Waals surface area contributed by atoms with Gasteiger partial charge in [-0.25, -0.2) is 14.0 Å². The van der Waals surface area contributed by atoms with Crippen molar-refractivity contribution in [1.29, 1.82) is 0 Å². The van der Waals surface area contributed by atoms with Crippen LogP contribution in [0.15, 0.2) is 12.2 Å². The summed E-state index contributed by atoms with van der Waals surface area (Å²) in [6.07, 6.45) is 2.39. The second kappa shape index (κ2) is 2.14. The molecular weight excluding hydrogens is 193 g/mol. The Hall–Kier alpha value is -1.43. The molecule has 2 rings (SSSR count). The van der Waals surface area contributed by atoms with Gasteiger partial charge in [-0.15, -0.1) is 0 Å². The fraction of sp³-hybridized carbons (Fsp3) is 0.500. The van der Waals surface area contributed by atoms with Crippen LogP contribution >= 0.6 is 0 Å². The molecule has 0 aromatic carbocycles. The van der Waals surface area contributed by atoms with Crippen LogP contribution in [0, 0.1) is 11.8 Å². The molecule has 1 unspecified atom stereocenters. The Kier molecular flexibility index (Phi) is 1.40. The number of alkyl halides is 1. The van der Waals surface area contributed by atoms with Gasteiger partial charge in [0.1, 0.15) is 5.54 Å². The minimum absolute atomic E-state index is 0.902. The van der Waals surface area contributed by atoms with Crippen molar-refractivity contribution < 1.29 is 24.2 Å². The molecule has 2 aliphatic rings. The van der Waals surface area contributed by atoms with E-state index in [-0.39, 0.29) is 0 Å². The molecule has 1 fully saturated rings. The zero-order valence-electron chi connectivity index (χ0n) is 6.98. The van der Waals surface area contributed by atoms with E-state index < -0.39 is 35.0 Å². The first-order valence-corrected chi connectivity index (χ1v) is 3.99. The number of carboxylic acid groups (broad SMARTS) is 2. The van der Waals surface area contributed by atoms with Crippen LogP contribution in [0.25, 0.3) is 0 Å². The van der Waals surface area contributed by atoms with E-state index in [9.17, 15) is 14.0 Å². The lowest BCUT2D eigenvalue weighted by Crippen LogP contribution is -2.50. The van der Waals surface area contributed by atoms with E-state index in [1.54, 1.807) is 0 Å². The summed E-state index contributed by atoms with van der Waals surface area (Å²) in [5.41, 5.74) is 1.04. The molecule has 6 heteroatoms. The summed E-state index contributed by atoms with van der Waals surface area (Å²) in [4.78, 5) is 21.3. The summed E-state index contributed by atoms with van der Waals surface area (Å²) in [6.45, 7) is 0. The van der Waals surface area contributed by atoms with E-state index in [0.29, 0.717) is 0 Å². The maximum atomic E-state index is 13.6. The van der Waals surface area contributed by atoms with Crippen molar-refractivity contribution in [2.75, 3.05) is 0 Å². The number of nitrogens with two attached hydrogens (primary N) is 1. The van der Waals surface area contributed by atoms with Crippen LogP contribution in [-0.4, -0.2) is 33.4 Å². The Bertz CT molecular complexity index is 368. The van der Waals surface area contributed by atoms with Crippen molar-refractivity contribution >= 4 is 11.9 Å². The van der Waals surface area contributed by atoms with Gasteiger partial charge in [0, 0.05) is 11.8 Å². The quantitative estimate of drug-likeness (QED) is 0.517. The minimum atomic E-state index is -2.50. The van der Waals surface area contributed by atoms with E-state index in [0.717, 1.165) is 6.08 Å². The van der Waals surface area contributed by atoms with Gasteiger partial charge in [0.05, 0.1) is 0 Å². The number of halogens is 1. The van der Waals surface area contributed by atoms with E-state index in [4.69, 9.17) is 15.9 Å². The van der Waals surface area contributed by atoms with Gasteiger partial charge in [-0.2, -0.15) is 0 Å². The third kappa shape index (κ3) is 0.724. The van der Waals surface area contributed by atoms with Gasteiger partial charge in [-0.3, -0.25) is 0 Å². The molecule has 2 aliphatic carbocycles.